The average molecular weight is 565 g/mol. The molecule has 1 aliphatic carbocycles. The molecule has 0 saturated carbocycles. The molecule has 220 valence electrons. The van der Waals surface area contributed by atoms with Crippen LogP contribution in [0.5, 0.6) is 0 Å². The van der Waals surface area contributed by atoms with Gasteiger partial charge in [0, 0.05) is 31.2 Å². The van der Waals surface area contributed by atoms with Crippen molar-refractivity contribution in [3.8, 4) is 5.69 Å². The smallest absolute Gasteiger partial charge is 0.242 e. The molecule has 7 nitrogen and oxygen atoms in total. The first-order chi connectivity index (χ1) is 19.9. The minimum atomic E-state index is -0.540. The first kappa shape index (κ1) is 29.4. The highest BCUT2D eigenvalue weighted by atomic mass is 19.1. The molecule has 2 aliphatic rings. The minimum absolute atomic E-state index is 0.0599. The number of likely N-dealkylation sites (N-methyl/N-ethyl adjacent to an activating group) is 1. The van der Waals surface area contributed by atoms with Gasteiger partial charge in [0.15, 0.2) is 5.82 Å². The van der Waals surface area contributed by atoms with E-state index in [4.69, 9.17) is 0 Å². The van der Waals surface area contributed by atoms with Crippen molar-refractivity contribution in [3.05, 3.63) is 77.2 Å². The number of para-hydroxylation sites is 1. The molecule has 3 atom stereocenters. The predicted octanol–water partition coefficient (Wildman–Crippen LogP) is 4.98. The fourth-order valence-electron chi connectivity index (χ4n) is 6.35. The molecule has 0 radical (unpaired) electrons. The van der Waals surface area contributed by atoms with Crippen molar-refractivity contribution in [3.63, 3.8) is 0 Å². The fraction of sp³-hybridized carbons (Fsp3) is 0.500. The van der Waals surface area contributed by atoms with Gasteiger partial charge in [-0.25, -0.2) is 13.8 Å². The topological polar surface area (TPSA) is 74.2 Å². The molecule has 9 heteroatoms. The first-order valence-corrected chi connectivity index (χ1v) is 15.1. The summed E-state index contributed by atoms with van der Waals surface area (Å²) in [5, 5.41) is 10.1. The lowest BCUT2D eigenvalue weighted by Crippen LogP contribution is -2.48. The van der Waals surface area contributed by atoms with E-state index in [1.54, 1.807) is 6.33 Å². The van der Waals surface area contributed by atoms with Gasteiger partial charge >= 0.3 is 0 Å². The lowest BCUT2D eigenvalue weighted by atomic mass is 9.87. The number of carbonyl (C=O) groups is 1. The van der Waals surface area contributed by atoms with Crippen molar-refractivity contribution in [2.45, 2.75) is 83.5 Å². The summed E-state index contributed by atoms with van der Waals surface area (Å²) in [5.41, 5.74) is 3.46. The molecular formula is C32H42F2N6O. The number of carbonyl (C=O) groups excluding carboxylic acids is 1. The summed E-state index contributed by atoms with van der Waals surface area (Å²) in [7, 11) is 0. The van der Waals surface area contributed by atoms with Crippen LogP contribution >= 0.6 is 0 Å². The molecule has 1 fully saturated rings. The van der Waals surface area contributed by atoms with E-state index in [9.17, 15) is 13.6 Å². The summed E-state index contributed by atoms with van der Waals surface area (Å²) in [6.07, 6.45) is 9.29. The van der Waals surface area contributed by atoms with Gasteiger partial charge in [0.05, 0.1) is 17.9 Å². The highest BCUT2D eigenvalue weighted by Crippen LogP contribution is 2.26. The second kappa shape index (κ2) is 13.7. The number of imidazole rings is 1. The summed E-state index contributed by atoms with van der Waals surface area (Å²) in [6.45, 7) is 8.26. The maximum atomic E-state index is 14.4. The number of halogens is 2. The average Bonchev–Trinajstić information content (AvgIpc) is 3.63. The summed E-state index contributed by atoms with van der Waals surface area (Å²) in [6, 6.07) is 10.7. The Hall–Kier alpha value is -3.14. The van der Waals surface area contributed by atoms with E-state index in [2.05, 4.69) is 44.9 Å². The molecule has 1 saturated heterocycles. The number of amides is 1. The third-order valence-electron chi connectivity index (χ3n) is 8.50. The molecule has 0 spiro atoms. The van der Waals surface area contributed by atoms with Gasteiger partial charge in [0.1, 0.15) is 18.0 Å². The molecule has 3 N–H and O–H groups in total. The molecule has 0 unspecified atom stereocenters. The Balaban J connectivity index is 1.20. The van der Waals surface area contributed by atoms with Crippen LogP contribution < -0.4 is 16.0 Å². The maximum absolute atomic E-state index is 14.4. The van der Waals surface area contributed by atoms with Gasteiger partial charge in [0.2, 0.25) is 5.91 Å². The van der Waals surface area contributed by atoms with E-state index < -0.39 is 17.7 Å². The summed E-state index contributed by atoms with van der Waals surface area (Å²) >= 11 is 0. The van der Waals surface area contributed by atoms with Crippen LogP contribution in [-0.2, 0) is 24.2 Å². The molecule has 3 aromatic rings. The summed E-state index contributed by atoms with van der Waals surface area (Å²) in [4.78, 5) is 20.3. The van der Waals surface area contributed by atoms with E-state index in [1.165, 1.54) is 31.0 Å². The van der Waals surface area contributed by atoms with Gasteiger partial charge < -0.3 is 20.5 Å². The van der Waals surface area contributed by atoms with Crippen molar-refractivity contribution in [2.24, 2.45) is 0 Å². The first-order valence-electron chi connectivity index (χ1n) is 15.1. The number of aromatic nitrogens is 2. The number of nitrogens with zero attached hydrogens (tertiary/aromatic N) is 3. The van der Waals surface area contributed by atoms with Gasteiger partial charge in [-0.1, -0.05) is 38.5 Å². The Bertz CT molecular complexity index is 1330. The Kier molecular flexibility index (Phi) is 9.80. The number of anilines is 1. The molecule has 1 aromatic heterocycles. The fourth-order valence-corrected chi connectivity index (χ4v) is 6.35. The molecule has 0 bridgehead atoms. The van der Waals surface area contributed by atoms with Crippen LogP contribution in [0.2, 0.25) is 0 Å². The Labute approximate surface area is 241 Å². The largest absolute Gasteiger partial charge is 0.311 e. The number of rotatable bonds is 12. The van der Waals surface area contributed by atoms with E-state index in [0.29, 0.717) is 36.7 Å². The highest BCUT2D eigenvalue weighted by Gasteiger charge is 2.27. The molecule has 41 heavy (non-hydrogen) atoms. The van der Waals surface area contributed by atoms with Gasteiger partial charge in [-0.15, -0.1) is 0 Å². The van der Waals surface area contributed by atoms with Crippen molar-refractivity contribution in [1.82, 2.24) is 25.1 Å². The molecule has 2 heterocycles. The van der Waals surface area contributed by atoms with E-state index in [0.717, 1.165) is 49.8 Å². The van der Waals surface area contributed by atoms with Crippen LogP contribution in [0.15, 0.2) is 48.9 Å². The van der Waals surface area contributed by atoms with Gasteiger partial charge in [0.25, 0.3) is 0 Å². The minimum Gasteiger partial charge on any atom is -0.311 e. The Morgan fingerprint density at radius 3 is 2.85 bits per heavy atom. The molecule has 1 amide bonds. The number of hydrogen-bond acceptors (Lipinski definition) is 5. The molecule has 2 aromatic carbocycles. The summed E-state index contributed by atoms with van der Waals surface area (Å²) < 4.78 is 30.0. The van der Waals surface area contributed by atoms with Crippen LogP contribution in [-0.4, -0.2) is 58.1 Å². The van der Waals surface area contributed by atoms with E-state index >= 15 is 0 Å². The number of nitrogens with one attached hydrogen (secondary N) is 3. The van der Waals surface area contributed by atoms with Crippen molar-refractivity contribution in [1.29, 1.82) is 0 Å². The van der Waals surface area contributed by atoms with Crippen LogP contribution in [0.4, 0.5) is 14.6 Å². The third kappa shape index (κ3) is 7.20. The number of hydrogen-bond donors (Lipinski definition) is 3. The number of likely N-dealkylation sites (tertiary alicyclic amines) is 1. The molecular weight excluding hydrogens is 522 g/mol. The van der Waals surface area contributed by atoms with E-state index in [1.807, 2.05) is 29.8 Å². The number of aryl methyl sites for hydroxylation is 1. The predicted molar refractivity (Wildman–Crippen MR) is 158 cm³/mol. The number of benzene rings is 2. The zero-order chi connectivity index (χ0) is 28.8. The van der Waals surface area contributed by atoms with Crippen molar-refractivity contribution in [2.75, 3.05) is 25.0 Å². The maximum Gasteiger partial charge on any atom is 0.242 e. The normalized spacial score (nSPS) is 19.7. The quantitative estimate of drug-likeness (QED) is 0.290. The summed E-state index contributed by atoms with van der Waals surface area (Å²) in [5.74, 6) is -0.720. The van der Waals surface area contributed by atoms with Gasteiger partial charge in [-0.2, -0.15) is 0 Å². The lowest BCUT2D eigenvalue weighted by Gasteiger charge is -2.29. The number of fused-ring (bicyclic) bond motifs is 1. The van der Waals surface area contributed by atoms with Crippen molar-refractivity contribution < 1.29 is 13.6 Å². The van der Waals surface area contributed by atoms with Crippen LogP contribution in [0.3, 0.4) is 0 Å². The third-order valence-corrected chi connectivity index (χ3v) is 8.50. The molecule has 5 rings (SSSR count). The lowest BCUT2D eigenvalue weighted by molar-refractivity contribution is -0.118. The second-order valence-electron chi connectivity index (χ2n) is 11.3. The van der Waals surface area contributed by atoms with Gasteiger partial charge in [-0.05, 0) is 80.4 Å². The second-order valence-corrected chi connectivity index (χ2v) is 11.3. The zero-order valence-corrected chi connectivity index (χ0v) is 24.1. The highest BCUT2D eigenvalue weighted by molar-refractivity contribution is 5.94. The van der Waals surface area contributed by atoms with Crippen molar-refractivity contribution >= 4 is 11.7 Å². The van der Waals surface area contributed by atoms with E-state index in [-0.39, 0.29) is 11.9 Å². The van der Waals surface area contributed by atoms with Crippen LogP contribution in [0, 0.1) is 11.6 Å². The zero-order valence-electron chi connectivity index (χ0n) is 24.1. The van der Waals surface area contributed by atoms with Crippen LogP contribution in [0.25, 0.3) is 5.69 Å². The Morgan fingerprint density at radius 1 is 1.17 bits per heavy atom. The van der Waals surface area contributed by atoms with Gasteiger partial charge in [-0.3, -0.25) is 9.69 Å². The standard InChI is InChI=1S/C32H42F2N6O/c1-3-8-29(37-25-13-12-22-15-24(33)16-28(34)27(22)17-25)32(41)38-31-20-40(21-36-31)30-11-6-5-9-23(30)18-35-19-26-10-7-14-39(26)4-2/h5-6,9,11,15-16,20-21,25-26,29,35,37H,3-4,7-8,10,12-14,17-19H2,1-2H3,(H,38,41)/t25-,26-,29-/m0/s1. The molecule has 1 aliphatic heterocycles. The van der Waals surface area contributed by atoms with Crippen LogP contribution in [0.1, 0.15) is 62.6 Å². The monoisotopic (exact) mass is 564 g/mol. The SMILES string of the molecule is CCC[C@H](N[C@H]1CCc2cc(F)cc(F)c2C1)C(=O)Nc1cn(-c2ccccc2CNC[C@@H]2CCCN2CC)cn1. The Morgan fingerprint density at radius 2 is 2.02 bits per heavy atom.